The number of anilines is 2. The van der Waals surface area contributed by atoms with E-state index in [2.05, 4.69) is 34.9 Å². The van der Waals surface area contributed by atoms with Gasteiger partial charge in [0, 0.05) is 0 Å². The molecule has 146 valence electrons. The Labute approximate surface area is 177 Å². The summed E-state index contributed by atoms with van der Waals surface area (Å²) < 4.78 is 2.69. The van der Waals surface area contributed by atoms with Crippen molar-refractivity contribution in [3.8, 4) is 0 Å². The summed E-state index contributed by atoms with van der Waals surface area (Å²) in [7, 11) is 0. The molecule has 0 saturated heterocycles. The van der Waals surface area contributed by atoms with Gasteiger partial charge in [0.2, 0.25) is 0 Å². The van der Waals surface area contributed by atoms with Crippen molar-refractivity contribution in [2.45, 2.75) is 38.5 Å². The first-order valence-electron chi connectivity index (χ1n) is 9.84. The Balaban J connectivity index is 1.24. The van der Waals surface area contributed by atoms with E-state index in [1.807, 2.05) is 24.3 Å². The Bertz CT molecular complexity index is 757. The first kappa shape index (κ1) is 19.7. The molecule has 0 aromatic heterocycles. The fourth-order valence-corrected chi connectivity index (χ4v) is 9.08. The monoisotopic (exact) mass is 508 g/mol. The van der Waals surface area contributed by atoms with Crippen LogP contribution in [0.5, 0.6) is 0 Å². The first-order chi connectivity index (χ1) is 13.7. The Morgan fingerprint density at radius 1 is 0.643 bits per heavy atom. The summed E-state index contributed by atoms with van der Waals surface area (Å²) in [5.74, 6) is 0.763. The molecule has 4 nitrogen and oxygen atoms in total. The van der Waals surface area contributed by atoms with Crippen LogP contribution in [-0.4, -0.2) is 38.1 Å². The van der Waals surface area contributed by atoms with Crippen molar-refractivity contribution in [3.63, 3.8) is 0 Å². The van der Waals surface area contributed by atoms with Gasteiger partial charge in [-0.3, -0.25) is 0 Å². The van der Waals surface area contributed by atoms with E-state index >= 15 is 0 Å². The topological polar surface area (TPSA) is 58.2 Å². The van der Waals surface area contributed by atoms with Gasteiger partial charge in [-0.05, 0) is 0 Å². The molecule has 2 aromatic rings. The zero-order valence-corrected chi connectivity index (χ0v) is 19.1. The van der Waals surface area contributed by atoms with Crippen molar-refractivity contribution < 1.29 is 9.59 Å². The maximum atomic E-state index is 12.0. The van der Waals surface area contributed by atoms with Gasteiger partial charge in [0.1, 0.15) is 0 Å². The van der Waals surface area contributed by atoms with Crippen LogP contribution in [0.1, 0.15) is 38.5 Å². The van der Waals surface area contributed by atoms with E-state index in [0.717, 1.165) is 37.1 Å². The van der Waals surface area contributed by atoms with Crippen LogP contribution in [0.25, 0.3) is 0 Å². The standard InChI is InChI=1S/C22H24N2O2Se2/c25-21(15-3-1-4-15)23-17-7-11-19(12-8-17)27-28-20-13-9-18(10-14-20)24-22(26)16-5-2-6-16/h7-16H,1-6H2,(H,23,25)(H,24,26). The van der Waals surface area contributed by atoms with Crippen molar-refractivity contribution >= 4 is 58.4 Å². The van der Waals surface area contributed by atoms with Crippen molar-refractivity contribution in [1.82, 2.24) is 0 Å². The maximum absolute atomic E-state index is 12.0. The van der Waals surface area contributed by atoms with Crippen LogP contribution in [0.4, 0.5) is 11.4 Å². The molecule has 2 amide bonds. The van der Waals surface area contributed by atoms with Gasteiger partial charge < -0.3 is 0 Å². The third-order valence-corrected chi connectivity index (χ3v) is 12.7. The van der Waals surface area contributed by atoms with Gasteiger partial charge in [-0.15, -0.1) is 0 Å². The van der Waals surface area contributed by atoms with E-state index in [0.29, 0.717) is 26.3 Å². The summed E-state index contributed by atoms with van der Waals surface area (Å²) in [6, 6.07) is 16.6. The van der Waals surface area contributed by atoms with Crippen molar-refractivity contribution in [1.29, 1.82) is 0 Å². The van der Waals surface area contributed by atoms with Crippen LogP contribution in [-0.2, 0) is 9.59 Å². The van der Waals surface area contributed by atoms with E-state index in [-0.39, 0.29) is 23.7 Å². The summed E-state index contributed by atoms with van der Waals surface area (Å²) in [6.07, 6.45) is 6.46. The molecular weight excluding hydrogens is 482 g/mol. The van der Waals surface area contributed by atoms with Crippen LogP contribution in [0.2, 0.25) is 0 Å². The molecule has 2 aromatic carbocycles. The normalized spacial score (nSPS) is 16.7. The van der Waals surface area contributed by atoms with Gasteiger partial charge in [0.05, 0.1) is 0 Å². The van der Waals surface area contributed by atoms with Crippen LogP contribution in [0.15, 0.2) is 48.5 Å². The van der Waals surface area contributed by atoms with Crippen molar-refractivity contribution in [3.05, 3.63) is 48.5 Å². The van der Waals surface area contributed by atoms with Crippen LogP contribution >= 0.6 is 0 Å². The zero-order chi connectivity index (χ0) is 19.3. The molecular formula is C22H24N2O2Se2. The molecule has 2 fully saturated rings. The number of benzene rings is 2. The third kappa shape index (κ3) is 5.07. The molecule has 0 atom stereocenters. The van der Waals surface area contributed by atoms with Gasteiger partial charge in [0.25, 0.3) is 0 Å². The second kappa shape index (κ2) is 9.28. The van der Waals surface area contributed by atoms with Gasteiger partial charge in [-0.1, -0.05) is 0 Å². The van der Waals surface area contributed by atoms with Crippen molar-refractivity contribution in [2.24, 2.45) is 11.8 Å². The zero-order valence-electron chi connectivity index (χ0n) is 15.6. The molecule has 2 N–H and O–H groups in total. The Kier molecular flexibility index (Phi) is 6.54. The second-order valence-electron chi connectivity index (χ2n) is 7.45. The van der Waals surface area contributed by atoms with Crippen molar-refractivity contribution in [2.75, 3.05) is 10.6 Å². The summed E-state index contributed by atoms with van der Waals surface area (Å²) in [5.41, 5.74) is 1.80. The van der Waals surface area contributed by atoms with Gasteiger partial charge >= 0.3 is 177 Å². The number of hydrogen-bond acceptors (Lipinski definition) is 2. The van der Waals surface area contributed by atoms with E-state index in [9.17, 15) is 9.59 Å². The first-order valence-corrected chi connectivity index (χ1v) is 15.9. The van der Waals surface area contributed by atoms with Crippen LogP contribution in [0, 0.1) is 11.8 Å². The summed E-state index contributed by atoms with van der Waals surface area (Å²) >= 11 is 0.806. The number of nitrogens with one attached hydrogen (secondary N) is 2. The molecule has 28 heavy (non-hydrogen) atoms. The molecule has 0 radical (unpaired) electrons. The average molecular weight is 506 g/mol. The Morgan fingerprint density at radius 3 is 1.29 bits per heavy atom. The summed E-state index contributed by atoms with van der Waals surface area (Å²) in [4.78, 5) is 24.0. The number of carbonyl (C=O) groups is 2. The predicted molar refractivity (Wildman–Crippen MR) is 116 cm³/mol. The van der Waals surface area contributed by atoms with Crippen LogP contribution < -0.4 is 19.6 Å². The fraction of sp³-hybridized carbons (Fsp3) is 0.364. The van der Waals surface area contributed by atoms with Gasteiger partial charge in [-0.25, -0.2) is 0 Å². The minimum atomic E-state index is 0.165. The van der Waals surface area contributed by atoms with E-state index in [4.69, 9.17) is 0 Å². The van der Waals surface area contributed by atoms with Crippen LogP contribution in [0.3, 0.4) is 0 Å². The summed E-state index contributed by atoms with van der Waals surface area (Å²) in [5, 5.41) is 6.04. The number of rotatable bonds is 7. The number of hydrogen-bond donors (Lipinski definition) is 2. The third-order valence-electron chi connectivity index (χ3n) is 5.43. The predicted octanol–water partition coefficient (Wildman–Crippen LogP) is 2.44. The molecule has 0 aliphatic heterocycles. The second-order valence-corrected chi connectivity index (χ2v) is 13.8. The molecule has 2 aliphatic carbocycles. The van der Waals surface area contributed by atoms with Gasteiger partial charge in [-0.2, -0.15) is 0 Å². The molecule has 2 aliphatic rings. The number of carbonyl (C=O) groups excluding carboxylic acids is 2. The number of amides is 2. The Hall–Kier alpha value is -1.58. The molecule has 0 spiro atoms. The molecule has 0 unspecified atom stereocenters. The van der Waals surface area contributed by atoms with E-state index in [1.54, 1.807) is 0 Å². The molecule has 0 heterocycles. The molecule has 0 bridgehead atoms. The van der Waals surface area contributed by atoms with E-state index < -0.39 is 0 Å². The molecule has 4 rings (SSSR count). The van der Waals surface area contributed by atoms with E-state index in [1.165, 1.54) is 21.8 Å². The molecule has 2 saturated carbocycles. The molecule has 6 heteroatoms. The minimum absolute atomic E-state index is 0.165. The Morgan fingerprint density at radius 2 is 1.00 bits per heavy atom. The fourth-order valence-electron chi connectivity index (χ4n) is 3.11. The van der Waals surface area contributed by atoms with Gasteiger partial charge in [0.15, 0.2) is 0 Å². The quantitative estimate of drug-likeness (QED) is 0.568. The average Bonchev–Trinajstić information content (AvgIpc) is 2.59. The SMILES string of the molecule is O=C(Nc1ccc([Se][Se]c2ccc(NC(=O)C3CCC3)cc2)cc1)C1CCC1. The summed E-state index contributed by atoms with van der Waals surface area (Å²) in [6.45, 7) is 0.